The lowest BCUT2D eigenvalue weighted by molar-refractivity contribution is 0.0348. The molecule has 2 aromatic carbocycles. The molecule has 0 aliphatic rings. The second kappa shape index (κ2) is 7.89. The third-order valence-electron chi connectivity index (χ3n) is 3.21. The largest absolute Gasteiger partial charge is 0.207 e. The zero-order chi connectivity index (χ0) is 19.4. The van der Waals surface area contributed by atoms with Crippen molar-refractivity contribution in [2.24, 2.45) is 10.2 Å². The number of hydrogen-bond donors (Lipinski definition) is 0. The average molecular weight is 374 g/mol. The third kappa shape index (κ3) is 4.52. The van der Waals surface area contributed by atoms with Crippen molar-refractivity contribution in [2.45, 2.75) is 0 Å². The lowest BCUT2D eigenvalue weighted by atomic mass is 10.2. The fourth-order valence-corrected chi connectivity index (χ4v) is 1.79. The van der Waals surface area contributed by atoms with Crippen LogP contribution in [0.4, 0.5) is 26.3 Å². The standard InChI is InChI=1S/C16H12F6N4/c1-25(23-7-11-13(19)3-9(17)4-14(11)20)26(2)24-8-12-15(21)5-10(18)6-16(12)22/h3-8H,1-2H3. The van der Waals surface area contributed by atoms with Crippen molar-refractivity contribution in [1.29, 1.82) is 0 Å². The molecule has 138 valence electrons. The number of rotatable bonds is 5. The molecule has 0 aliphatic carbocycles. The second-order valence-corrected chi connectivity index (χ2v) is 5.03. The molecule has 0 bridgehead atoms. The van der Waals surface area contributed by atoms with Crippen LogP contribution in [0, 0.1) is 34.9 Å². The van der Waals surface area contributed by atoms with Crippen molar-refractivity contribution in [3.63, 3.8) is 0 Å². The maximum absolute atomic E-state index is 13.5. The van der Waals surface area contributed by atoms with Gasteiger partial charge in [0.05, 0.1) is 23.6 Å². The van der Waals surface area contributed by atoms with E-state index in [0.29, 0.717) is 24.3 Å². The lowest BCUT2D eigenvalue weighted by Crippen LogP contribution is -2.28. The zero-order valence-corrected chi connectivity index (χ0v) is 13.5. The molecule has 0 atom stereocenters. The van der Waals surface area contributed by atoms with Crippen LogP contribution in [-0.4, -0.2) is 36.8 Å². The number of hydrazine groups is 1. The quantitative estimate of drug-likeness (QED) is 0.454. The Morgan fingerprint density at radius 3 is 1.15 bits per heavy atom. The van der Waals surface area contributed by atoms with Gasteiger partial charge in [0.25, 0.3) is 0 Å². The molecule has 0 N–H and O–H groups in total. The van der Waals surface area contributed by atoms with Crippen molar-refractivity contribution in [3.8, 4) is 0 Å². The molecule has 0 unspecified atom stereocenters. The van der Waals surface area contributed by atoms with Gasteiger partial charge in [-0.25, -0.2) is 26.3 Å². The third-order valence-corrected chi connectivity index (χ3v) is 3.21. The molecule has 0 saturated heterocycles. The summed E-state index contributed by atoms with van der Waals surface area (Å²) >= 11 is 0. The highest BCUT2D eigenvalue weighted by Crippen LogP contribution is 2.14. The van der Waals surface area contributed by atoms with Gasteiger partial charge in [-0.2, -0.15) is 20.4 Å². The first-order valence-corrected chi connectivity index (χ1v) is 7.03. The van der Waals surface area contributed by atoms with Gasteiger partial charge < -0.3 is 0 Å². The summed E-state index contributed by atoms with van der Waals surface area (Å²) in [5.74, 6) is -6.75. The lowest BCUT2D eigenvalue weighted by Gasteiger charge is -2.21. The summed E-state index contributed by atoms with van der Waals surface area (Å²) in [4.78, 5) is 0. The molecule has 2 rings (SSSR count). The molecule has 2 aromatic rings. The van der Waals surface area contributed by atoms with Crippen LogP contribution in [0.3, 0.4) is 0 Å². The van der Waals surface area contributed by atoms with Gasteiger partial charge in [-0.05, 0) is 0 Å². The van der Waals surface area contributed by atoms with Gasteiger partial charge in [-0.3, -0.25) is 0 Å². The van der Waals surface area contributed by atoms with Crippen molar-refractivity contribution < 1.29 is 26.3 Å². The van der Waals surface area contributed by atoms with Gasteiger partial charge in [0.15, 0.2) is 0 Å². The van der Waals surface area contributed by atoms with Gasteiger partial charge in [0.1, 0.15) is 34.9 Å². The molecule has 0 saturated carbocycles. The summed E-state index contributed by atoms with van der Waals surface area (Å²) < 4.78 is 79.7. The number of nitrogens with zero attached hydrogens (tertiary/aromatic N) is 4. The van der Waals surface area contributed by atoms with Crippen LogP contribution in [0.2, 0.25) is 0 Å². The zero-order valence-electron chi connectivity index (χ0n) is 13.5. The highest BCUT2D eigenvalue weighted by Gasteiger charge is 2.11. The Bertz CT molecular complexity index is 750. The molecule has 4 nitrogen and oxygen atoms in total. The predicted octanol–water partition coefficient (Wildman–Crippen LogP) is 3.67. The molecule has 0 heterocycles. The van der Waals surface area contributed by atoms with E-state index in [-0.39, 0.29) is 0 Å². The molecular weight excluding hydrogens is 362 g/mol. The fourth-order valence-electron chi connectivity index (χ4n) is 1.79. The van der Waals surface area contributed by atoms with E-state index < -0.39 is 46.0 Å². The summed E-state index contributed by atoms with van der Waals surface area (Å²) in [7, 11) is 2.65. The van der Waals surface area contributed by atoms with E-state index in [4.69, 9.17) is 0 Å². The summed E-state index contributed by atoms with van der Waals surface area (Å²) in [5, 5.41) is 9.34. The average Bonchev–Trinajstić information content (AvgIpc) is 2.52. The van der Waals surface area contributed by atoms with E-state index in [0.717, 1.165) is 22.7 Å². The topological polar surface area (TPSA) is 31.2 Å². The predicted molar refractivity (Wildman–Crippen MR) is 83.3 cm³/mol. The summed E-state index contributed by atoms with van der Waals surface area (Å²) in [6.45, 7) is 0. The number of halogens is 6. The molecule has 10 heteroatoms. The Labute approximate surface area is 144 Å². The minimum atomic E-state index is -1.15. The molecule has 0 fully saturated rings. The smallest absolute Gasteiger partial charge is 0.137 e. The van der Waals surface area contributed by atoms with Crippen LogP contribution in [-0.2, 0) is 0 Å². The first-order valence-electron chi connectivity index (χ1n) is 7.03. The molecule has 0 radical (unpaired) electrons. The van der Waals surface area contributed by atoms with E-state index in [2.05, 4.69) is 10.2 Å². The van der Waals surface area contributed by atoms with E-state index in [1.807, 2.05) is 0 Å². The summed E-state index contributed by atoms with van der Waals surface area (Å²) in [5.41, 5.74) is -1.16. The molecular formula is C16H12F6N4. The van der Waals surface area contributed by atoms with Gasteiger partial charge in [0.2, 0.25) is 0 Å². The van der Waals surface area contributed by atoms with Crippen LogP contribution in [0.15, 0.2) is 34.5 Å². The van der Waals surface area contributed by atoms with Gasteiger partial charge >= 0.3 is 0 Å². The maximum atomic E-state index is 13.5. The van der Waals surface area contributed by atoms with Gasteiger partial charge in [-0.1, -0.05) is 0 Å². The van der Waals surface area contributed by atoms with Crippen LogP contribution in [0.25, 0.3) is 0 Å². The Morgan fingerprint density at radius 2 is 0.885 bits per heavy atom. The Kier molecular flexibility index (Phi) is 5.86. The van der Waals surface area contributed by atoms with Gasteiger partial charge in [0, 0.05) is 38.4 Å². The highest BCUT2D eigenvalue weighted by molar-refractivity contribution is 5.80. The SMILES string of the molecule is CN(N=Cc1c(F)cc(F)cc1F)N(C)N=Cc1c(F)cc(F)cc1F. The summed E-state index contributed by atoms with van der Waals surface area (Å²) in [6.07, 6.45) is 1.57. The van der Waals surface area contributed by atoms with Crippen LogP contribution in [0.1, 0.15) is 11.1 Å². The fraction of sp³-hybridized carbons (Fsp3) is 0.125. The van der Waals surface area contributed by atoms with Crippen LogP contribution < -0.4 is 0 Å². The first kappa shape index (κ1) is 19.3. The highest BCUT2D eigenvalue weighted by atomic mass is 19.2. The van der Waals surface area contributed by atoms with E-state index in [9.17, 15) is 26.3 Å². The van der Waals surface area contributed by atoms with Crippen molar-refractivity contribution in [3.05, 3.63) is 70.3 Å². The second-order valence-electron chi connectivity index (χ2n) is 5.03. The van der Waals surface area contributed by atoms with Crippen molar-refractivity contribution in [1.82, 2.24) is 10.2 Å². The first-order chi connectivity index (χ1) is 12.2. The Balaban J connectivity index is 2.14. The van der Waals surface area contributed by atoms with Crippen LogP contribution >= 0.6 is 0 Å². The van der Waals surface area contributed by atoms with Gasteiger partial charge in [-0.15, -0.1) is 0 Å². The Hall–Kier alpha value is -3.04. The van der Waals surface area contributed by atoms with E-state index in [1.54, 1.807) is 0 Å². The van der Waals surface area contributed by atoms with E-state index in [1.165, 1.54) is 14.1 Å². The molecule has 0 spiro atoms. The monoisotopic (exact) mass is 374 g/mol. The molecule has 0 aliphatic heterocycles. The van der Waals surface area contributed by atoms with Crippen molar-refractivity contribution >= 4 is 12.4 Å². The maximum Gasteiger partial charge on any atom is 0.137 e. The van der Waals surface area contributed by atoms with Crippen molar-refractivity contribution in [2.75, 3.05) is 14.1 Å². The van der Waals surface area contributed by atoms with E-state index >= 15 is 0 Å². The molecule has 0 amide bonds. The normalized spacial score (nSPS) is 11.5. The number of hydrogen-bond acceptors (Lipinski definition) is 4. The number of hydrazone groups is 2. The number of benzene rings is 2. The summed E-state index contributed by atoms with van der Waals surface area (Å²) in [6, 6.07) is 1.97. The molecule has 26 heavy (non-hydrogen) atoms. The Morgan fingerprint density at radius 1 is 0.615 bits per heavy atom. The van der Waals surface area contributed by atoms with Crippen LogP contribution in [0.5, 0.6) is 0 Å². The minimum absolute atomic E-state index is 0.492. The molecule has 0 aromatic heterocycles. The minimum Gasteiger partial charge on any atom is -0.207 e.